The van der Waals surface area contributed by atoms with Gasteiger partial charge in [-0.05, 0) is 73.3 Å². The highest BCUT2D eigenvalue weighted by molar-refractivity contribution is 5.92. The molecule has 0 spiro atoms. The molecule has 0 aliphatic carbocycles. The second-order valence-electron chi connectivity index (χ2n) is 11.2. The Morgan fingerprint density at radius 1 is 0.939 bits per heavy atom. The molecule has 33 heavy (non-hydrogen) atoms. The van der Waals surface area contributed by atoms with Crippen molar-refractivity contribution < 1.29 is 19.1 Å². The van der Waals surface area contributed by atoms with Crippen LogP contribution in [0.25, 0.3) is 0 Å². The first-order valence-corrected chi connectivity index (χ1v) is 11.7. The van der Waals surface area contributed by atoms with Crippen LogP contribution < -0.4 is 10.6 Å². The molecule has 0 aromatic heterocycles. The number of carbonyl (C=O) groups is 3. The summed E-state index contributed by atoms with van der Waals surface area (Å²) >= 11 is 0. The molecule has 0 saturated heterocycles. The lowest BCUT2D eigenvalue weighted by molar-refractivity contribution is -0.145. The molecule has 3 amide bonds. The van der Waals surface area contributed by atoms with Gasteiger partial charge in [0, 0.05) is 11.6 Å². The second-order valence-corrected chi connectivity index (χ2v) is 11.2. The van der Waals surface area contributed by atoms with Crippen molar-refractivity contribution in [3.63, 3.8) is 0 Å². The van der Waals surface area contributed by atoms with Crippen LogP contribution in [0.15, 0.2) is 30.3 Å². The Kier molecular flexibility index (Phi) is 9.94. The third-order valence-corrected chi connectivity index (χ3v) is 4.65. The largest absolute Gasteiger partial charge is 0.444 e. The number of ether oxygens (including phenoxy) is 1. The molecule has 0 saturated carbocycles. The van der Waals surface area contributed by atoms with Gasteiger partial charge in [0.05, 0.1) is 0 Å². The zero-order valence-corrected chi connectivity index (χ0v) is 22.0. The van der Waals surface area contributed by atoms with Crippen molar-refractivity contribution in [2.75, 3.05) is 0 Å². The summed E-state index contributed by atoms with van der Waals surface area (Å²) in [7, 11) is 0. The second kappa shape index (κ2) is 11.5. The molecule has 7 heteroatoms. The minimum atomic E-state index is -0.840. The molecule has 2 unspecified atom stereocenters. The summed E-state index contributed by atoms with van der Waals surface area (Å²) in [4.78, 5) is 41.4. The number of alkyl carbamates (subject to hydrolysis) is 1. The fraction of sp³-hybridized carbons (Fsp3) is 0.654. The smallest absolute Gasteiger partial charge is 0.408 e. The first kappa shape index (κ1) is 28.5. The zero-order valence-electron chi connectivity index (χ0n) is 22.0. The number of hydrogen-bond acceptors (Lipinski definition) is 4. The predicted octanol–water partition coefficient (Wildman–Crippen LogP) is 4.82. The van der Waals surface area contributed by atoms with Crippen molar-refractivity contribution in [3.05, 3.63) is 35.9 Å². The van der Waals surface area contributed by atoms with E-state index in [0.29, 0.717) is 12.0 Å². The zero-order chi connectivity index (χ0) is 25.6. The summed E-state index contributed by atoms with van der Waals surface area (Å²) in [5.41, 5.74) is -0.448. The van der Waals surface area contributed by atoms with Crippen LogP contribution in [0, 0.1) is 5.92 Å². The maximum atomic E-state index is 13.9. The highest BCUT2D eigenvalue weighted by atomic mass is 16.6. The number of hydrogen-bond donors (Lipinski definition) is 2. The van der Waals surface area contributed by atoms with Gasteiger partial charge in [-0.15, -0.1) is 0 Å². The highest BCUT2D eigenvalue weighted by Gasteiger charge is 2.38. The van der Waals surface area contributed by atoms with Gasteiger partial charge in [0.2, 0.25) is 11.8 Å². The molecular weight excluding hydrogens is 418 g/mol. The van der Waals surface area contributed by atoms with Gasteiger partial charge in [0.25, 0.3) is 0 Å². The van der Waals surface area contributed by atoms with E-state index >= 15 is 0 Å². The van der Waals surface area contributed by atoms with Crippen molar-refractivity contribution in [1.29, 1.82) is 0 Å². The number of benzene rings is 1. The van der Waals surface area contributed by atoms with Crippen LogP contribution in [-0.2, 0) is 14.3 Å². The lowest BCUT2D eigenvalue weighted by atomic mass is 9.97. The van der Waals surface area contributed by atoms with Crippen molar-refractivity contribution >= 4 is 17.9 Å². The van der Waals surface area contributed by atoms with Gasteiger partial charge in [-0.3, -0.25) is 9.59 Å². The molecule has 0 fully saturated rings. The molecule has 0 radical (unpaired) electrons. The third kappa shape index (κ3) is 9.84. The van der Waals surface area contributed by atoms with E-state index in [0.717, 1.165) is 0 Å². The minimum absolute atomic E-state index is 0.140. The Morgan fingerprint density at radius 2 is 1.48 bits per heavy atom. The van der Waals surface area contributed by atoms with E-state index in [2.05, 4.69) is 10.6 Å². The summed E-state index contributed by atoms with van der Waals surface area (Å²) < 4.78 is 5.40. The van der Waals surface area contributed by atoms with Crippen LogP contribution in [-0.4, -0.2) is 46.0 Å². The summed E-state index contributed by atoms with van der Waals surface area (Å²) in [6.45, 7) is 18.7. The maximum Gasteiger partial charge on any atom is 0.408 e. The summed E-state index contributed by atoms with van der Waals surface area (Å²) in [6.07, 6.45) is -0.232. The van der Waals surface area contributed by atoms with Gasteiger partial charge >= 0.3 is 6.09 Å². The number of nitrogens with zero attached hydrogens (tertiary/aromatic N) is 1. The standard InChI is InChI=1S/C26H43N3O4/c1-17(2)16-20(27-24(32)33-26(8,9)10)23(31)29(18(3)4)21(19-14-12-11-13-15-19)22(30)28-25(5,6)7/h11-15,17-18,20-21H,16H2,1-10H3,(H,27,32)(H,28,30). The van der Waals surface area contributed by atoms with Gasteiger partial charge in [-0.1, -0.05) is 44.2 Å². The van der Waals surface area contributed by atoms with Crippen molar-refractivity contribution in [3.8, 4) is 0 Å². The van der Waals surface area contributed by atoms with Crippen LogP contribution in [0.1, 0.15) is 87.3 Å². The molecule has 1 rings (SSSR count). The Hall–Kier alpha value is -2.57. The molecule has 186 valence electrons. The quantitative estimate of drug-likeness (QED) is 0.581. The van der Waals surface area contributed by atoms with Crippen molar-refractivity contribution in [1.82, 2.24) is 15.5 Å². The Bertz CT molecular complexity index is 792. The molecule has 1 aromatic carbocycles. The number of amides is 3. The SMILES string of the molecule is CC(C)CC(NC(=O)OC(C)(C)C)C(=O)N(C(C)C)C(C(=O)NC(C)(C)C)c1ccccc1. The molecule has 2 N–H and O–H groups in total. The number of carbonyl (C=O) groups excluding carboxylic acids is 3. The molecular formula is C26H43N3O4. The Labute approximate surface area is 199 Å². The summed E-state index contributed by atoms with van der Waals surface area (Å²) in [6, 6.07) is 7.30. The lowest BCUT2D eigenvalue weighted by Crippen LogP contribution is -2.56. The first-order chi connectivity index (χ1) is 15.0. The molecule has 0 bridgehead atoms. The van der Waals surface area contributed by atoms with E-state index in [9.17, 15) is 14.4 Å². The summed E-state index contributed by atoms with van der Waals surface area (Å²) in [5.74, 6) is -0.444. The van der Waals surface area contributed by atoms with Crippen LogP contribution in [0.2, 0.25) is 0 Å². The normalized spacial score (nSPS) is 13.9. The number of rotatable bonds is 8. The van der Waals surface area contributed by atoms with Crippen LogP contribution in [0.4, 0.5) is 4.79 Å². The topological polar surface area (TPSA) is 87.7 Å². The fourth-order valence-electron chi connectivity index (χ4n) is 3.51. The van der Waals surface area contributed by atoms with Gasteiger partial charge in [-0.25, -0.2) is 4.79 Å². The Morgan fingerprint density at radius 3 is 1.91 bits per heavy atom. The minimum Gasteiger partial charge on any atom is -0.444 e. The molecule has 1 aromatic rings. The van der Waals surface area contributed by atoms with Crippen molar-refractivity contribution in [2.45, 2.75) is 105 Å². The highest BCUT2D eigenvalue weighted by Crippen LogP contribution is 2.26. The van der Waals surface area contributed by atoms with E-state index < -0.39 is 29.3 Å². The number of nitrogens with one attached hydrogen (secondary N) is 2. The monoisotopic (exact) mass is 461 g/mol. The van der Waals surface area contributed by atoms with Gasteiger partial charge in [-0.2, -0.15) is 0 Å². The van der Waals surface area contributed by atoms with Crippen LogP contribution in [0.5, 0.6) is 0 Å². The van der Waals surface area contributed by atoms with E-state index in [1.54, 1.807) is 25.7 Å². The predicted molar refractivity (Wildman–Crippen MR) is 132 cm³/mol. The van der Waals surface area contributed by atoms with Gasteiger partial charge in [0.15, 0.2) is 0 Å². The molecule has 0 aliphatic rings. The van der Waals surface area contributed by atoms with Gasteiger partial charge in [0.1, 0.15) is 17.7 Å². The Balaban J connectivity index is 3.42. The average molecular weight is 462 g/mol. The molecule has 7 nitrogen and oxygen atoms in total. The lowest BCUT2D eigenvalue weighted by Gasteiger charge is -2.38. The van der Waals surface area contributed by atoms with Crippen LogP contribution >= 0.6 is 0 Å². The fourth-order valence-corrected chi connectivity index (χ4v) is 3.51. The van der Waals surface area contributed by atoms with Crippen LogP contribution in [0.3, 0.4) is 0 Å². The van der Waals surface area contributed by atoms with E-state index in [-0.39, 0.29) is 23.8 Å². The first-order valence-electron chi connectivity index (χ1n) is 11.7. The van der Waals surface area contributed by atoms with E-state index in [4.69, 9.17) is 4.74 Å². The van der Waals surface area contributed by atoms with Gasteiger partial charge < -0.3 is 20.3 Å². The average Bonchev–Trinajstić information content (AvgIpc) is 2.61. The van der Waals surface area contributed by atoms with E-state index in [1.807, 2.05) is 78.8 Å². The van der Waals surface area contributed by atoms with E-state index in [1.165, 1.54) is 0 Å². The van der Waals surface area contributed by atoms with Crippen molar-refractivity contribution in [2.24, 2.45) is 5.92 Å². The maximum absolute atomic E-state index is 13.9. The molecule has 0 aliphatic heterocycles. The third-order valence-electron chi connectivity index (χ3n) is 4.65. The summed E-state index contributed by atoms with van der Waals surface area (Å²) in [5, 5.41) is 5.76. The molecule has 2 atom stereocenters. The molecule has 0 heterocycles.